The van der Waals surface area contributed by atoms with E-state index < -0.39 is 11.9 Å². The largest absolute Gasteiger partial charge is 0.494 e. The third-order valence-electron chi connectivity index (χ3n) is 3.15. The van der Waals surface area contributed by atoms with Gasteiger partial charge in [0.1, 0.15) is 0 Å². The van der Waals surface area contributed by atoms with Crippen LogP contribution in [0, 0.1) is 0 Å². The molecule has 0 radical (unpaired) electrons. The molecule has 0 fully saturated rings. The van der Waals surface area contributed by atoms with Gasteiger partial charge < -0.3 is 15.2 Å². The number of hydrogen-bond acceptors (Lipinski definition) is 4. The van der Waals surface area contributed by atoms with Crippen LogP contribution in [0.5, 0.6) is 5.75 Å². The summed E-state index contributed by atoms with van der Waals surface area (Å²) < 4.78 is 5.02. The van der Waals surface area contributed by atoms with E-state index in [9.17, 15) is 9.59 Å². The Labute approximate surface area is 169 Å². The summed E-state index contributed by atoms with van der Waals surface area (Å²) in [5.74, 6) is -1.44. The minimum atomic E-state index is -1.12. The molecule has 2 rings (SSSR count). The average molecular weight is 434 g/mol. The molecule has 0 atom stereocenters. The Bertz CT molecular complexity index is 882. The monoisotopic (exact) mass is 432 g/mol. The molecule has 0 saturated heterocycles. The second kappa shape index (κ2) is 8.55. The topological polar surface area (TPSA) is 87.7 Å². The van der Waals surface area contributed by atoms with Crippen LogP contribution in [0.15, 0.2) is 30.3 Å². The smallest absolute Gasteiger partial charge is 0.335 e. The van der Waals surface area contributed by atoms with E-state index in [1.54, 1.807) is 0 Å². The molecule has 0 aliphatic rings. The summed E-state index contributed by atoms with van der Waals surface area (Å²) in [7, 11) is 1.40. The van der Waals surface area contributed by atoms with Crippen molar-refractivity contribution in [1.82, 2.24) is 5.32 Å². The Morgan fingerprint density at radius 1 is 1.04 bits per heavy atom. The van der Waals surface area contributed by atoms with Gasteiger partial charge in [0.15, 0.2) is 10.9 Å². The number of methoxy groups -OCH3 is 1. The Morgan fingerprint density at radius 2 is 1.65 bits per heavy atom. The molecule has 0 spiro atoms. The molecule has 2 aromatic rings. The van der Waals surface area contributed by atoms with Crippen molar-refractivity contribution >= 4 is 69.7 Å². The standard InChI is InChI=1S/C16H11Cl3N2O4S/c1-25-13-10(18)4-8(5-11(13)19)14(22)21-16(26)20-12-6-7(15(23)24)2-3-9(12)17/h2-6H,1H3,(H,23,24)(H2,20,21,22,26). The Hall–Kier alpha value is -2.06. The first-order valence-corrected chi connectivity index (χ1v) is 8.45. The van der Waals surface area contributed by atoms with Crippen LogP contribution >= 0.6 is 47.0 Å². The van der Waals surface area contributed by atoms with E-state index in [4.69, 9.17) is 56.9 Å². The van der Waals surface area contributed by atoms with Gasteiger partial charge in [0, 0.05) is 5.56 Å². The van der Waals surface area contributed by atoms with Crippen LogP contribution in [-0.2, 0) is 0 Å². The van der Waals surface area contributed by atoms with Gasteiger partial charge in [0.2, 0.25) is 0 Å². The first kappa shape index (κ1) is 20.3. The van der Waals surface area contributed by atoms with Gasteiger partial charge in [0.25, 0.3) is 5.91 Å². The number of hydrogen-bond donors (Lipinski definition) is 3. The van der Waals surface area contributed by atoms with Crippen LogP contribution < -0.4 is 15.4 Å². The molecule has 0 unspecified atom stereocenters. The van der Waals surface area contributed by atoms with Gasteiger partial charge in [-0.25, -0.2) is 4.79 Å². The van der Waals surface area contributed by atoms with Crippen LogP contribution in [0.4, 0.5) is 5.69 Å². The molecule has 0 aliphatic heterocycles. The molecular weight excluding hydrogens is 423 g/mol. The van der Waals surface area contributed by atoms with Crippen LogP contribution in [-0.4, -0.2) is 29.2 Å². The van der Waals surface area contributed by atoms with Gasteiger partial charge >= 0.3 is 5.97 Å². The fourth-order valence-corrected chi connectivity index (χ4v) is 2.98. The molecule has 3 N–H and O–H groups in total. The first-order chi connectivity index (χ1) is 12.2. The summed E-state index contributed by atoms with van der Waals surface area (Å²) in [4.78, 5) is 23.3. The lowest BCUT2D eigenvalue weighted by Crippen LogP contribution is -2.34. The summed E-state index contributed by atoms with van der Waals surface area (Å²) in [6.07, 6.45) is 0. The lowest BCUT2D eigenvalue weighted by Gasteiger charge is -2.12. The number of carboxylic acids is 1. The maximum absolute atomic E-state index is 12.3. The molecule has 0 heterocycles. The van der Waals surface area contributed by atoms with Gasteiger partial charge in [-0.05, 0) is 42.5 Å². The lowest BCUT2D eigenvalue weighted by atomic mass is 10.2. The maximum atomic E-state index is 12.3. The molecular formula is C16H11Cl3N2O4S. The number of ether oxygens (including phenoxy) is 1. The maximum Gasteiger partial charge on any atom is 0.335 e. The van der Waals surface area contributed by atoms with Crippen molar-refractivity contribution in [2.75, 3.05) is 12.4 Å². The highest BCUT2D eigenvalue weighted by Crippen LogP contribution is 2.33. The molecule has 10 heteroatoms. The third kappa shape index (κ3) is 4.76. The van der Waals surface area contributed by atoms with E-state index in [-0.39, 0.29) is 42.7 Å². The first-order valence-electron chi connectivity index (χ1n) is 6.91. The number of amides is 1. The van der Waals surface area contributed by atoms with Crippen molar-refractivity contribution in [3.05, 3.63) is 56.5 Å². The molecule has 2 aromatic carbocycles. The second-order valence-corrected chi connectivity index (χ2v) is 6.51. The molecule has 0 saturated carbocycles. The Morgan fingerprint density at radius 3 is 2.19 bits per heavy atom. The van der Waals surface area contributed by atoms with Crippen molar-refractivity contribution in [1.29, 1.82) is 0 Å². The minimum Gasteiger partial charge on any atom is -0.494 e. The second-order valence-electron chi connectivity index (χ2n) is 4.88. The average Bonchev–Trinajstić information content (AvgIpc) is 2.56. The molecule has 26 heavy (non-hydrogen) atoms. The van der Waals surface area contributed by atoms with Crippen LogP contribution in [0.25, 0.3) is 0 Å². The molecule has 0 bridgehead atoms. The number of carboxylic acid groups (broad SMARTS) is 1. The lowest BCUT2D eigenvalue weighted by molar-refractivity contribution is 0.0696. The zero-order chi connectivity index (χ0) is 19.4. The van der Waals surface area contributed by atoms with E-state index in [0.717, 1.165) is 0 Å². The highest BCUT2D eigenvalue weighted by atomic mass is 35.5. The van der Waals surface area contributed by atoms with Crippen LogP contribution in [0.1, 0.15) is 20.7 Å². The number of nitrogens with one attached hydrogen (secondary N) is 2. The number of aromatic carboxylic acids is 1. The Balaban J connectivity index is 2.14. The van der Waals surface area contributed by atoms with Crippen molar-refractivity contribution in [2.45, 2.75) is 0 Å². The molecule has 0 aromatic heterocycles. The molecule has 136 valence electrons. The summed E-state index contributed by atoms with van der Waals surface area (Å²) in [6, 6.07) is 6.80. The van der Waals surface area contributed by atoms with Crippen molar-refractivity contribution in [3.63, 3.8) is 0 Å². The van der Waals surface area contributed by atoms with Gasteiger partial charge in [-0.15, -0.1) is 0 Å². The van der Waals surface area contributed by atoms with Crippen molar-refractivity contribution in [3.8, 4) is 5.75 Å². The zero-order valence-corrected chi connectivity index (χ0v) is 16.2. The van der Waals surface area contributed by atoms with Crippen molar-refractivity contribution < 1.29 is 19.4 Å². The summed E-state index contributed by atoms with van der Waals surface area (Å²) >= 11 is 23.1. The van der Waals surface area contributed by atoms with Crippen LogP contribution in [0.2, 0.25) is 15.1 Å². The zero-order valence-electron chi connectivity index (χ0n) is 13.1. The SMILES string of the molecule is COc1c(Cl)cc(C(=O)NC(=S)Nc2cc(C(=O)O)ccc2Cl)cc1Cl. The highest BCUT2D eigenvalue weighted by molar-refractivity contribution is 7.80. The summed E-state index contributed by atoms with van der Waals surface area (Å²) in [5, 5.41) is 14.6. The van der Waals surface area contributed by atoms with E-state index in [1.807, 2.05) is 0 Å². The normalized spacial score (nSPS) is 10.2. The summed E-state index contributed by atoms with van der Waals surface area (Å²) in [6.45, 7) is 0. The van der Waals surface area contributed by atoms with Gasteiger partial charge in [-0.2, -0.15) is 0 Å². The minimum absolute atomic E-state index is 0.0137. The number of anilines is 1. The molecule has 6 nitrogen and oxygen atoms in total. The van der Waals surface area contributed by atoms with E-state index >= 15 is 0 Å². The number of benzene rings is 2. The van der Waals surface area contributed by atoms with E-state index in [0.29, 0.717) is 0 Å². The predicted octanol–water partition coefficient (Wildman–Crippen LogP) is 4.48. The summed E-state index contributed by atoms with van der Waals surface area (Å²) in [5.41, 5.74) is 0.415. The predicted molar refractivity (Wildman–Crippen MR) is 105 cm³/mol. The molecule has 1 amide bonds. The fraction of sp³-hybridized carbons (Fsp3) is 0.0625. The quantitative estimate of drug-likeness (QED) is 0.616. The van der Waals surface area contributed by atoms with Crippen LogP contribution in [0.3, 0.4) is 0 Å². The number of halogens is 3. The van der Waals surface area contributed by atoms with Gasteiger partial charge in [-0.3, -0.25) is 10.1 Å². The number of carbonyl (C=O) groups is 2. The Kier molecular flexibility index (Phi) is 6.66. The molecule has 0 aliphatic carbocycles. The van der Waals surface area contributed by atoms with E-state index in [1.165, 1.54) is 37.4 Å². The van der Waals surface area contributed by atoms with Gasteiger partial charge in [0.05, 0.1) is 33.4 Å². The number of carbonyl (C=O) groups excluding carboxylic acids is 1. The highest BCUT2D eigenvalue weighted by Gasteiger charge is 2.15. The van der Waals surface area contributed by atoms with Gasteiger partial charge in [-0.1, -0.05) is 34.8 Å². The number of rotatable bonds is 4. The van der Waals surface area contributed by atoms with E-state index in [2.05, 4.69) is 10.6 Å². The number of thiocarbonyl (C=S) groups is 1. The fourth-order valence-electron chi connectivity index (χ4n) is 1.97. The third-order valence-corrected chi connectivity index (χ3v) is 4.25. The van der Waals surface area contributed by atoms with Crippen molar-refractivity contribution in [2.24, 2.45) is 0 Å².